The number of fused-ring (bicyclic) bond motifs is 2. The maximum absolute atomic E-state index is 15.2. The van der Waals surface area contributed by atoms with Crippen LogP contribution in [0.25, 0.3) is 21.8 Å². The monoisotopic (exact) mass is 465 g/mol. The number of piperidine rings is 2. The molecule has 2 aliphatic rings. The Hall–Kier alpha value is -3.16. The quantitative estimate of drug-likeness (QED) is 0.600. The van der Waals surface area contributed by atoms with Crippen LogP contribution in [0.5, 0.6) is 5.75 Å². The SMILES string of the molecule is CN(c1cnc(-c2ccc(-c3cnc(C#N)s3)cc2O)nn1)[C@@H]1C[C@@]2(C)CCC[C@@H](N2)[C@@H]1F. The number of alkyl halides is 1. The number of phenols is 1. The van der Waals surface area contributed by atoms with Crippen LogP contribution in [0.2, 0.25) is 0 Å². The van der Waals surface area contributed by atoms with Crippen molar-refractivity contribution in [2.75, 3.05) is 11.9 Å². The van der Waals surface area contributed by atoms with Gasteiger partial charge in [0.1, 0.15) is 18.0 Å². The summed E-state index contributed by atoms with van der Waals surface area (Å²) in [5.74, 6) is 0.786. The normalized spacial score (nSPS) is 26.5. The molecule has 2 aliphatic heterocycles. The number of anilines is 1. The van der Waals surface area contributed by atoms with Crippen molar-refractivity contribution < 1.29 is 9.50 Å². The van der Waals surface area contributed by atoms with Crippen molar-refractivity contribution in [1.29, 1.82) is 5.26 Å². The summed E-state index contributed by atoms with van der Waals surface area (Å²) < 4.78 is 15.2. The molecule has 2 bridgehead atoms. The lowest BCUT2D eigenvalue weighted by Crippen LogP contribution is -2.66. The van der Waals surface area contributed by atoms with E-state index in [2.05, 4.69) is 32.4 Å². The zero-order chi connectivity index (χ0) is 23.2. The molecule has 2 N–H and O–H groups in total. The molecule has 4 heterocycles. The second kappa shape index (κ2) is 8.32. The molecule has 0 saturated carbocycles. The van der Waals surface area contributed by atoms with Crippen molar-refractivity contribution in [3.8, 4) is 33.6 Å². The van der Waals surface area contributed by atoms with E-state index in [-0.39, 0.29) is 29.2 Å². The van der Waals surface area contributed by atoms with Crippen LogP contribution in [0.3, 0.4) is 0 Å². The van der Waals surface area contributed by atoms with Crippen molar-refractivity contribution in [1.82, 2.24) is 25.5 Å². The highest BCUT2D eigenvalue weighted by Crippen LogP contribution is 2.38. The minimum atomic E-state index is -0.991. The molecule has 4 atom stereocenters. The lowest BCUT2D eigenvalue weighted by atomic mass is 9.74. The Morgan fingerprint density at radius 2 is 2.15 bits per heavy atom. The molecule has 33 heavy (non-hydrogen) atoms. The van der Waals surface area contributed by atoms with E-state index in [0.717, 1.165) is 29.7 Å². The van der Waals surface area contributed by atoms with Crippen molar-refractivity contribution in [3.63, 3.8) is 0 Å². The third-order valence-electron chi connectivity index (χ3n) is 6.72. The van der Waals surface area contributed by atoms with E-state index in [0.29, 0.717) is 22.8 Å². The van der Waals surface area contributed by atoms with Gasteiger partial charge in [-0.15, -0.1) is 21.5 Å². The van der Waals surface area contributed by atoms with Gasteiger partial charge < -0.3 is 15.3 Å². The molecule has 10 heteroatoms. The number of nitrogens with one attached hydrogen (secondary N) is 1. The third-order valence-corrected chi connectivity index (χ3v) is 7.67. The average Bonchev–Trinajstić information content (AvgIpc) is 3.31. The molecule has 0 radical (unpaired) electrons. The number of benzene rings is 1. The van der Waals surface area contributed by atoms with Gasteiger partial charge in [0, 0.05) is 24.8 Å². The Labute approximate surface area is 195 Å². The highest BCUT2D eigenvalue weighted by molar-refractivity contribution is 7.15. The summed E-state index contributed by atoms with van der Waals surface area (Å²) in [7, 11) is 1.84. The fourth-order valence-electron chi connectivity index (χ4n) is 4.95. The zero-order valence-electron chi connectivity index (χ0n) is 18.4. The first-order valence-electron chi connectivity index (χ1n) is 10.9. The molecular formula is C23H24FN7OS. The minimum absolute atomic E-state index is 0.00485. The zero-order valence-corrected chi connectivity index (χ0v) is 19.2. The summed E-state index contributed by atoms with van der Waals surface area (Å²) in [6, 6.07) is 6.69. The summed E-state index contributed by atoms with van der Waals surface area (Å²) in [5, 5.41) is 31.8. The van der Waals surface area contributed by atoms with Crippen LogP contribution in [0.15, 0.2) is 30.6 Å². The smallest absolute Gasteiger partial charge is 0.194 e. The number of nitriles is 1. The number of hydrogen-bond acceptors (Lipinski definition) is 9. The molecule has 0 unspecified atom stereocenters. The molecule has 2 aromatic heterocycles. The molecule has 1 aromatic carbocycles. The largest absolute Gasteiger partial charge is 0.507 e. The molecule has 0 amide bonds. The van der Waals surface area contributed by atoms with Gasteiger partial charge in [-0.2, -0.15) is 5.26 Å². The van der Waals surface area contributed by atoms with Gasteiger partial charge in [-0.3, -0.25) is 0 Å². The van der Waals surface area contributed by atoms with Gasteiger partial charge in [0.2, 0.25) is 0 Å². The number of halogens is 1. The van der Waals surface area contributed by atoms with Crippen molar-refractivity contribution in [3.05, 3.63) is 35.6 Å². The summed E-state index contributed by atoms with van der Waals surface area (Å²) >= 11 is 1.25. The van der Waals surface area contributed by atoms with Crippen molar-refractivity contribution in [2.24, 2.45) is 0 Å². The van der Waals surface area contributed by atoms with Crippen molar-refractivity contribution in [2.45, 2.75) is 56.4 Å². The first kappa shape index (κ1) is 21.7. The molecule has 3 aromatic rings. The maximum atomic E-state index is 15.2. The van der Waals surface area contributed by atoms with Crippen molar-refractivity contribution >= 4 is 17.2 Å². The predicted octanol–water partition coefficient (Wildman–Crippen LogP) is 3.69. The Kier molecular flexibility index (Phi) is 5.46. The van der Waals surface area contributed by atoms with Crippen LogP contribution in [0.1, 0.15) is 37.6 Å². The van der Waals surface area contributed by atoms with E-state index in [4.69, 9.17) is 5.26 Å². The summed E-state index contributed by atoms with van der Waals surface area (Å²) in [6.07, 6.45) is 5.81. The van der Waals surface area contributed by atoms with Gasteiger partial charge >= 0.3 is 0 Å². The highest BCUT2D eigenvalue weighted by Gasteiger charge is 2.47. The number of rotatable bonds is 4. The Balaban J connectivity index is 1.36. The summed E-state index contributed by atoms with van der Waals surface area (Å²) in [4.78, 5) is 11.0. The number of thiazole rings is 1. The number of aromatic hydroxyl groups is 1. The van der Waals surface area contributed by atoms with Crippen LogP contribution < -0.4 is 10.2 Å². The fourth-order valence-corrected chi connectivity index (χ4v) is 5.66. The van der Waals surface area contributed by atoms with Gasteiger partial charge in [0.15, 0.2) is 16.6 Å². The lowest BCUT2D eigenvalue weighted by Gasteiger charge is -2.51. The first-order chi connectivity index (χ1) is 15.9. The van der Waals surface area contributed by atoms with Crippen LogP contribution in [-0.2, 0) is 0 Å². The molecule has 0 aliphatic carbocycles. The van der Waals surface area contributed by atoms with Gasteiger partial charge in [-0.25, -0.2) is 14.4 Å². The van der Waals surface area contributed by atoms with E-state index >= 15 is 4.39 Å². The predicted molar refractivity (Wildman–Crippen MR) is 124 cm³/mol. The topological polar surface area (TPSA) is 111 Å². The first-order valence-corrected chi connectivity index (χ1v) is 11.7. The van der Waals surface area contributed by atoms with E-state index in [9.17, 15) is 5.11 Å². The second-order valence-corrected chi connectivity index (χ2v) is 10.1. The second-order valence-electron chi connectivity index (χ2n) is 9.04. The molecule has 0 spiro atoms. The van der Waals surface area contributed by atoms with Crippen LogP contribution in [0, 0.1) is 11.3 Å². The van der Waals surface area contributed by atoms with Gasteiger partial charge in [0.25, 0.3) is 0 Å². The molecule has 170 valence electrons. The van der Waals surface area contributed by atoms with E-state index in [1.54, 1.807) is 24.5 Å². The van der Waals surface area contributed by atoms with Crippen LogP contribution in [0.4, 0.5) is 10.2 Å². The summed E-state index contributed by atoms with van der Waals surface area (Å²) in [6.45, 7) is 2.17. The Morgan fingerprint density at radius 1 is 1.30 bits per heavy atom. The van der Waals surface area contributed by atoms with Crippen LogP contribution >= 0.6 is 11.3 Å². The van der Waals surface area contributed by atoms with Crippen LogP contribution in [-0.4, -0.2) is 56.1 Å². The number of hydrogen-bond donors (Lipinski definition) is 2. The maximum Gasteiger partial charge on any atom is 0.194 e. The molecule has 5 rings (SSSR count). The van der Waals surface area contributed by atoms with E-state index < -0.39 is 6.17 Å². The standard InChI is InChI=1S/C23H24FN7OS/c1-23-7-3-4-15(28-23)21(24)16(9-23)31(2)19-12-27-22(30-29-19)14-6-5-13(8-17(14)32)18-11-26-20(10-25)33-18/h5-6,8,11-12,15-16,21,28,32H,3-4,7,9H2,1-2H3/t15-,16-,21+,23-/m1/s1. The van der Waals surface area contributed by atoms with Gasteiger partial charge in [0.05, 0.1) is 22.7 Å². The number of aromatic nitrogens is 4. The molecule has 2 fully saturated rings. The Bertz CT molecular complexity index is 1210. The van der Waals surface area contributed by atoms with Gasteiger partial charge in [-0.05, 0) is 50.3 Å². The lowest BCUT2D eigenvalue weighted by molar-refractivity contribution is 0.0607. The highest BCUT2D eigenvalue weighted by atomic mass is 32.1. The minimum Gasteiger partial charge on any atom is -0.507 e. The number of phenolic OH excluding ortho intramolecular Hbond substituents is 1. The Morgan fingerprint density at radius 3 is 2.85 bits per heavy atom. The number of nitrogens with zero attached hydrogens (tertiary/aromatic N) is 6. The molecule has 8 nitrogen and oxygen atoms in total. The van der Waals surface area contributed by atoms with Gasteiger partial charge in [-0.1, -0.05) is 6.07 Å². The molecular weight excluding hydrogens is 441 g/mol. The summed E-state index contributed by atoms with van der Waals surface area (Å²) in [5.41, 5.74) is 1.13. The average molecular weight is 466 g/mol. The van der Waals surface area contributed by atoms with E-state index in [1.165, 1.54) is 11.3 Å². The van der Waals surface area contributed by atoms with E-state index in [1.807, 2.05) is 24.1 Å². The third kappa shape index (κ3) is 4.03. The molecule has 2 saturated heterocycles. The fraction of sp³-hybridized carbons (Fsp3) is 0.435.